The third-order valence-corrected chi connectivity index (χ3v) is 3.07. The number of azo groups is 1. The second-order valence-electron chi connectivity index (χ2n) is 5.94. The van der Waals surface area contributed by atoms with Crippen LogP contribution < -0.4 is 0 Å². The van der Waals surface area contributed by atoms with E-state index in [-0.39, 0.29) is 5.75 Å². The molecule has 0 aliphatic rings. The van der Waals surface area contributed by atoms with Crippen molar-refractivity contribution in [1.82, 2.24) is 0 Å². The van der Waals surface area contributed by atoms with Crippen LogP contribution in [0.1, 0.15) is 5.56 Å². The van der Waals surface area contributed by atoms with Gasteiger partial charge in [0.1, 0.15) is 12.3 Å². The van der Waals surface area contributed by atoms with Gasteiger partial charge >= 0.3 is 0 Å². The predicted octanol–water partition coefficient (Wildman–Crippen LogP) is 4.67. The number of hydrogen-bond donors (Lipinski definition) is 1. The monoisotopic (exact) mass is 304 g/mol. The zero-order valence-corrected chi connectivity index (χ0v) is 13.2. The molecule has 5 heteroatoms. The number of phenols is 1. The second-order valence-corrected chi connectivity index (χ2v) is 6.37. The van der Waals surface area contributed by atoms with Crippen molar-refractivity contribution in [3.63, 3.8) is 0 Å². The number of quaternary nitrogens is 1. The molecule has 0 bridgehead atoms. The van der Waals surface area contributed by atoms with Crippen molar-refractivity contribution in [2.24, 2.45) is 10.2 Å². The molecule has 0 aliphatic heterocycles. The summed E-state index contributed by atoms with van der Waals surface area (Å²) in [7, 11) is 6.21. The molecule has 0 heterocycles. The van der Waals surface area contributed by atoms with Gasteiger partial charge < -0.3 is 9.59 Å². The van der Waals surface area contributed by atoms with Crippen molar-refractivity contribution in [1.29, 1.82) is 0 Å². The Balaban J connectivity index is 2.20. The minimum absolute atomic E-state index is 0.286. The van der Waals surface area contributed by atoms with Crippen molar-refractivity contribution in [2.75, 3.05) is 21.1 Å². The van der Waals surface area contributed by atoms with Crippen LogP contribution >= 0.6 is 11.6 Å². The molecule has 0 saturated heterocycles. The van der Waals surface area contributed by atoms with E-state index in [1.807, 2.05) is 6.07 Å². The Morgan fingerprint density at radius 2 is 1.52 bits per heavy atom. The predicted molar refractivity (Wildman–Crippen MR) is 85.5 cm³/mol. The Labute approximate surface area is 129 Å². The van der Waals surface area contributed by atoms with Crippen molar-refractivity contribution >= 4 is 23.0 Å². The lowest BCUT2D eigenvalue weighted by molar-refractivity contribution is -0.884. The number of halogens is 1. The van der Waals surface area contributed by atoms with Gasteiger partial charge in [0.15, 0.2) is 0 Å². The van der Waals surface area contributed by atoms with E-state index in [9.17, 15) is 5.11 Å². The van der Waals surface area contributed by atoms with Gasteiger partial charge in [-0.05, 0) is 42.5 Å². The molecule has 0 amide bonds. The molecule has 2 aromatic carbocycles. The first-order valence-electron chi connectivity index (χ1n) is 6.63. The van der Waals surface area contributed by atoms with E-state index in [0.29, 0.717) is 10.7 Å². The number of rotatable bonds is 4. The van der Waals surface area contributed by atoms with Gasteiger partial charge in [-0.3, -0.25) is 0 Å². The Morgan fingerprint density at radius 3 is 2.14 bits per heavy atom. The quantitative estimate of drug-likeness (QED) is 0.647. The smallest absolute Gasteiger partial charge is 0.124 e. The highest BCUT2D eigenvalue weighted by Gasteiger charge is 2.12. The van der Waals surface area contributed by atoms with Crippen molar-refractivity contribution < 1.29 is 9.59 Å². The highest BCUT2D eigenvalue weighted by atomic mass is 35.5. The zero-order chi connectivity index (χ0) is 15.5. The summed E-state index contributed by atoms with van der Waals surface area (Å²) in [5.41, 5.74) is 2.31. The molecule has 0 spiro atoms. The molecule has 0 atom stereocenters. The SMILES string of the molecule is C[N+](C)(C)Cc1cc(N=Nc2ccc(Cl)cc2)ccc1O. The molecule has 0 aliphatic carbocycles. The standard InChI is InChI=1S/C16H18ClN3O/c1-20(2,3)11-12-10-15(8-9-16(12)21)19-18-14-6-4-13(17)5-7-14/h4-10H,11H2,1-3H3/p+1. The van der Waals surface area contributed by atoms with Gasteiger partial charge in [-0.15, -0.1) is 0 Å². The number of hydrogen-bond acceptors (Lipinski definition) is 3. The molecule has 2 rings (SSSR count). The van der Waals surface area contributed by atoms with E-state index >= 15 is 0 Å². The van der Waals surface area contributed by atoms with Crippen LogP contribution in [0.15, 0.2) is 52.7 Å². The maximum Gasteiger partial charge on any atom is 0.124 e. The molecule has 0 aromatic heterocycles. The van der Waals surface area contributed by atoms with Crippen LogP contribution in [0.5, 0.6) is 5.75 Å². The fourth-order valence-corrected chi connectivity index (χ4v) is 2.02. The Bertz CT molecular complexity index is 646. The van der Waals surface area contributed by atoms with Crippen LogP contribution in [0.25, 0.3) is 0 Å². The largest absolute Gasteiger partial charge is 0.507 e. The minimum Gasteiger partial charge on any atom is -0.507 e. The van der Waals surface area contributed by atoms with Crippen LogP contribution in [-0.2, 0) is 6.54 Å². The Hall–Kier alpha value is -1.91. The van der Waals surface area contributed by atoms with Crippen LogP contribution in [0.2, 0.25) is 5.02 Å². The summed E-state index contributed by atoms with van der Waals surface area (Å²) in [6.45, 7) is 0.718. The molecule has 0 unspecified atom stereocenters. The Kier molecular flexibility index (Phi) is 4.60. The molecular weight excluding hydrogens is 286 g/mol. The van der Waals surface area contributed by atoms with Gasteiger partial charge in [-0.25, -0.2) is 0 Å². The van der Waals surface area contributed by atoms with E-state index in [4.69, 9.17) is 11.6 Å². The maximum absolute atomic E-state index is 9.92. The molecule has 21 heavy (non-hydrogen) atoms. The summed E-state index contributed by atoms with van der Waals surface area (Å²) in [6.07, 6.45) is 0. The molecule has 2 aromatic rings. The number of nitrogens with zero attached hydrogens (tertiary/aromatic N) is 3. The topological polar surface area (TPSA) is 45.0 Å². The number of benzene rings is 2. The highest BCUT2D eigenvalue weighted by Crippen LogP contribution is 2.27. The van der Waals surface area contributed by atoms with Crippen molar-refractivity contribution in [3.8, 4) is 5.75 Å². The van der Waals surface area contributed by atoms with Gasteiger partial charge in [0.05, 0.1) is 38.1 Å². The van der Waals surface area contributed by atoms with E-state index < -0.39 is 0 Å². The first kappa shape index (κ1) is 15.5. The Morgan fingerprint density at radius 1 is 0.952 bits per heavy atom. The molecule has 1 N–H and O–H groups in total. The first-order valence-corrected chi connectivity index (χ1v) is 7.01. The summed E-state index contributed by atoms with van der Waals surface area (Å²) in [5, 5.41) is 19.0. The lowest BCUT2D eigenvalue weighted by Crippen LogP contribution is -2.33. The summed E-state index contributed by atoms with van der Waals surface area (Å²) in [4.78, 5) is 0. The summed E-state index contributed by atoms with van der Waals surface area (Å²) < 4.78 is 0.728. The minimum atomic E-state index is 0.286. The summed E-state index contributed by atoms with van der Waals surface area (Å²) in [6, 6.07) is 12.4. The molecule has 0 saturated carbocycles. The van der Waals surface area contributed by atoms with Crippen LogP contribution in [0, 0.1) is 0 Å². The average molecular weight is 305 g/mol. The van der Waals surface area contributed by atoms with E-state index in [0.717, 1.165) is 22.3 Å². The van der Waals surface area contributed by atoms with Gasteiger partial charge in [0.2, 0.25) is 0 Å². The zero-order valence-electron chi connectivity index (χ0n) is 12.4. The molecule has 0 fully saturated rings. The second kappa shape index (κ2) is 6.24. The fraction of sp³-hybridized carbons (Fsp3) is 0.250. The molecule has 110 valence electrons. The van der Waals surface area contributed by atoms with Crippen molar-refractivity contribution in [2.45, 2.75) is 6.54 Å². The van der Waals surface area contributed by atoms with E-state index in [1.54, 1.807) is 36.4 Å². The maximum atomic E-state index is 9.92. The highest BCUT2D eigenvalue weighted by molar-refractivity contribution is 6.30. The average Bonchev–Trinajstić information content (AvgIpc) is 2.40. The lowest BCUT2D eigenvalue weighted by Gasteiger charge is -2.24. The van der Waals surface area contributed by atoms with Gasteiger partial charge in [0.25, 0.3) is 0 Å². The third-order valence-electron chi connectivity index (χ3n) is 2.82. The van der Waals surface area contributed by atoms with Crippen LogP contribution in [-0.4, -0.2) is 30.7 Å². The molecule has 4 nitrogen and oxygen atoms in total. The van der Waals surface area contributed by atoms with Gasteiger partial charge in [0, 0.05) is 5.02 Å². The van der Waals surface area contributed by atoms with E-state index in [2.05, 4.69) is 31.4 Å². The number of aromatic hydroxyl groups is 1. The summed E-state index contributed by atoms with van der Waals surface area (Å²) >= 11 is 5.83. The van der Waals surface area contributed by atoms with Crippen molar-refractivity contribution in [3.05, 3.63) is 53.1 Å². The first-order chi connectivity index (χ1) is 9.83. The van der Waals surface area contributed by atoms with Gasteiger partial charge in [-0.2, -0.15) is 10.2 Å². The normalized spacial score (nSPS) is 12.0. The third kappa shape index (κ3) is 4.85. The van der Waals surface area contributed by atoms with Gasteiger partial charge in [-0.1, -0.05) is 11.6 Å². The molecule has 0 radical (unpaired) electrons. The van der Waals surface area contributed by atoms with Crippen LogP contribution in [0.3, 0.4) is 0 Å². The van der Waals surface area contributed by atoms with Crippen LogP contribution in [0.4, 0.5) is 11.4 Å². The van der Waals surface area contributed by atoms with E-state index in [1.165, 1.54) is 0 Å². The molecular formula is C16H19ClN3O+. The lowest BCUT2D eigenvalue weighted by atomic mass is 10.1. The summed E-state index contributed by atoms with van der Waals surface area (Å²) in [5.74, 6) is 0.286. The number of phenolic OH excluding ortho intramolecular Hbond substituents is 1. The fourth-order valence-electron chi connectivity index (χ4n) is 1.90.